The summed E-state index contributed by atoms with van der Waals surface area (Å²) in [6.07, 6.45) is -1.21. The van der Waals surface area contributed by atoms with Gasteiger partial charge in [-0.25, -0.2) is 9.18 Å². The lowest BCUT2D eigenvalue weighted by Gasteiger charge is -2.36. The molecule has 0 radical (unpaired) electrons. The van der Waals surface area contributed by atoms with E-state index in [1.54, 1.807) is 26.8 Å². The standard InChI is InChI=1S/C23H24FN3O2/c1-23(2,3)27(22(28)29)18(14-25)11-15-9-10-17(12-19(15)24)21-13-16-7-5-6-8-20(16)26(21)4/h5-10,12-13,18H,11H2,1-4H3,(H,28,29)/t18-/m0/s1. The largest absolute Gasteiger partial charge is 0.465 e. The summed E-state index contributed by atoms with van der Waals surface area (Å²) in [4.78, 5) is 12.7. The molecule has 0 spiro atoms. The number of halogens is 1. The van der Waals surface area contributed by atoms with E-state index in [2.05, 4.69) is 0 Å². The maximum absolute atomic E-state index is 14.9. The molecule has 0 saturated carbocycles. The van der Waals surface area contributed by atoms with Crippen LogP contribution in [0, 0.1) is 17.1 Å². The molecule has 0 saturated heterocycles. The maximum Gasteiger partial charge on any atom is 0.408 e. The average Bonchev–Trinajstić information content (AvgIpc) is 2.98. The molecular formula is C23H24FN3O2. The lowest BCUT2D eigenvalue weighted by atomic mass is 9.98. The van der Waals surface area contributed by atoms with E-state index in [4.69, 9.17) is 0 Å². The normalized spacial score (nSPS) is 12.6. The van der Waals surface area contributed by atoms with E-state index in [0.717, 1.165) is 27.1 Å². The van der Waals surface area contributed by atoms with Crippen LogP contribution in [0.15, 0.2) is 48.5 Å². The Morgan fingerprint density at radius 3 is 2.48 bits per heavy atom. The molecule has 0 unspecified atom stereocenters. The second-order valence-corrected chi connectivity index (χ2v) is 8.13. The number of carbonyl (C=O) groups is 1. The van der Waals surface area contributed by atoms with Crippen molar-refractivity contribution in [2.45, 2.75) is 38.8 Å². The molecule has 1 atom stereocenters. The molecule has 5 nitrogen and oxygen atoms in total. The Labute approximate surface area is 169 Å². The Kier molecular flexibility index (Phi) is 5.34. The second-order valence-electron chi connectivity index (χ2n) is 8.13. The van der Waals surface area contributed by atoms with Gasteiger partial charge in [-0.2, -0.15) is 5.26 Å². The quantitative estimate of drug-likeness (QED) is 0.662. The average molecular weight is 393 g/mol. The van der Waals surface area contributed by atoms with Crippen molar-refractivity contribution in [2.24, 2.45) is 7.05 Å². The predicted octanol–water partition coefficient (Wildman–Crippen LogP) is 5.20. The van der Waals surface area contributed by atoms with Crippen LogP contribution >= 0.6 is 0 Å². The highest BCUT2D eigenvalue weighted by molar-refractivity contribution is 5.86. The third kappa shape index (κ3) is 3.95. The molecule has 150 valence electrons. The predicted molar refractivity (Wildman–Crippen MR) is 111 cm³/mol. The molecule has 0 fully saturated rings. The monoisotopic (exact) mass is 393 g/mol. The fourth-order valence-corrected chi connectivity index (χ4v) is 3.73. The van der Waals surface area contributed by atoms with Crippen molar-refractivity contribution >= 4 is 17.0 Å². The second kappa shape index (κ2) is 7.59. The molecule has 1 N–H and O–H groups in total. The van der Waals surface area contributed by atoms with Crippen LogP contribution in [0.1, 0.15) is 26.3 Å². The molecule has 29 heavy (non-hydrogen) atoms. The number of para-hydroxylation sites is 1. The number of hydrogen-bond acceptors (Lipinski definition) is 2. The van der Waals surface area contributed by atoms with Gasteiger partial charge in [0.15, 0.2) is 0 Å². The zero-order valence-corrected chi connectivity index (χ0v) is 17.0. The Balaban J connectivity index is 1.94. The van der Waals surface area contributed by atoms with Crippen LogP contribution in [-0.4, -0.2) is 32.2 Å². The number of nitrogens with zero attached hydrogens (tertiary/aromatic N) is 3. The van der Waals surface area contributed by atoms with Crippen LogP contribution < -0.4 is 0 Å². The molecule has 3 rings (SSSR count). The van der Waals surface area contributed by atoms with Crippen LogP contribution in [0.3, 0.4) is 0 Å². The Bertz CT molecular complexity index is 1110. The zero-order valence-electron chi connectivity index (χ0n) is 17.0. The summed E-state index contributed by atoms with van der Waals surface area (Å²) in [7, 11) is 1.93. The number of aryl methyl sites for hydroxylation is 1. The molecule has 3 aromatic rings. The minimum Gasteiger partial charge on any atom is -0.465 e. The van der Waals surface area contributed by atoms with Crippen LogP contribution in [-0.2, 0) is 13.5 Å². The van der Waals surface area contributed by atoms with Gasteiger partial charge in [0.25, 0.3) is 0 Å². The van der Waals surface area contributed by atoms with E-state index in [1.807, 2.05) is 54.1 Å². The number of amides is 1. The van der Waals surface area contributed by atoms with E-state index < -0.39 is 23.5 Å². The lowest BCUT2D eigenvalue weighted by Crippen LogP contribution is -2.51. The zero-order chi connectivity index (χ0) is 21.3. The topological polar surface area (TPSA) is 69.3 Å². The van der Waals surface area contributed by atoms with Crippen LogP contribution in [0.2, 0.25) is 0 Å². The number of benzene rings is 2. The number of carboxylic acid groups (broad SMARTS) is 1. The summed E-state index contributed by atoms with van der Waals surface area (Å²) in [5, 5.41) is 20.1. The van der Waals surface area contributed by atoms with Gasteiger partial charge in [0, 0.05) is 41.2 Å². The first-order valence-electron chi connectivity index (χ1n) is 9.38. The highest BCUT2D eigenvalue weighted by Gasteiger charge is 2.33. The van der Waals surface area contributed by atoms with E-state index >= 15 is 0 Å². The molecule has 0 aliphatic carbocycles. The van der Waals surface area contributed by atoms with Crippen molar-refractivity contribution in [3.8, 4) is 17.3 Å². The molecule has 0 bridgehead atoms. The van der Waals surface area contributed by atoms with Gasteiger partial charge in [-0.3, -0.25) is 4.90 Å². The van der Waals surface area contributed by atoms with E-state index in [1.165, 1.54) is 6.07 Å². The molecular weight excluding hydrogens is 369 g/mol. The van der Waals surface area contributed by atoms with Gasteiger partial charge in [0.1, 0.15) is 11.9 Å². The van der Waals surface area contributed by atoms with Crippen LogP contribution in [0.5, 0.6) is 0 Å². The van der Waals surface area contributed by atoms with E-state index in [9.17, 15) is 19.6 Å². The molecule has 1 amide bonds. The van der Waals surface area contributed by atoms with E-state index in [-0.39, 0.29) is 6.42 Å². The fraction of sp³-hybridized carbons (Fsp3) is 0.304. The summed E-state index contributed by atoms with van der Waals surface area (Å²) in [5.74, 6) is -0.452. The molecule has 1 aromatic heterocycles. The van der Waals surface area contributed by atoms with Crippen molar-refractivity contribution < 1.29 is 14.3 Å². The number of nitriles is 1. The first kappa shape index (κ1) is 20.4. The van der Waals surface area contributed by atoms with Gasteiger partial charge in [-0.05, 0) is 44.5 Å². The van der Waals surface area contributed by atoms with Gasteiger partial charge in [0.05, 0.1) is 6.07 Å². The van der Waals surface area contributed by atoms with Crippen molar-refractivity contribution in [3.63, 3.8) is 0 Å². The number of fused-ring (bicyclic) bond motifs is 1. The maximum atomic E-state index is 14.9. The molecule has 0 aliphatic heterocycles. The third-order valence-corrected chi connectivity index (χ3v) is 5.10. The first-order valence-corrected chi connectivity index (χ1v) is 9.38. The third-order valence-electron chi connectivity index (χ3n) is 5.10. The molecule has 6 heteroatoms. The van der Waals surface area contributed by atoms with Gasteiger partial charge in [-0.15, -0.1) is 0 Å². The van der Waals surface area contributed by atoms with Gasteiger partial charge < -0.3 is 9.67 Å². The minimum absolute atomic E-state index is 0.0126. The Morgan fingerprint density at radius 1 is 1.24 bits per heavy atom. The van der Waals surface area contributed by atoms with Crippen LogP contribution in [0.4, 0.5) is 9.18 Å². The summed E-state index contributed by atoms with van der Waals surface area (Å²) in [6, 6.07) is 15.9. The minimum atomic E-state index is -1.20. The van der Waals surface area contributed by atoms with Crippen molar-refractivity contribution in [3.05, 3.63) is 59.9 Å². The molecule has 1 heterocycles. The highest BCUT2D eigenvalue weighted by Crippen LogP contribution is 2.29. The molecule has 0 aliphatic rings. The van der Waals surface area contributed by atoms with Gasteiger partial charge >= 0.3 is 6.09 Å². The smallest absolute Gasteiger partial charge is 0.408 e. The molecule has 2 aromatic carbocycles. The SMILES string of the molecule is Cn1c(-c2ccc(C[C@@H](C#N)N(C(=O)O)C(C)(C)C)c(F)c2)cc2ccccc21. The van der Waals surface area contributed by atoms with Gasteiger partial charge in [-0.1, -0.05) is 30.3 Å². The van der Waals surface area contributed by atoms with Crippen molar-refractivity contribution in [1.82, 2.24) is 9.47 Å². The Morgan fingerprint density at radius 2 is 1.93 bits per heavy atom. The van der Waals surface area contributed by atoms with E-state index in [0.29, 0.717) is 5.56 Å². The number of aromatic nitrogens is 1. The summed E-state index contributed by atoms with van der Waals surface area (Å²) >= 11 is 0. The van der Waals surface area contributed by atoms with Crippen LogP contribution in [0.25, 0.3) is 22.2 Å². The van der Waals surface area contributed by atoms with Crippen molar-refractivity contribution in [1.29, 1.82) is 5.26 Å². The number of rotatable bonds is 4. The van der Waals surface area contributed by atoms with Crippen molar-refractivity contribution in [2.75, 3.05) is 0 Å². The number of hydrogen-bond donors (Lipinski definition) is 1. The summed E-state index contributed by atoms with van der Waals surface area (Å²) in [5.41, 5.74) is 2.21. The summed E-state index contributed by atoms with van der Waals surface area (Å²) in [6.45, 7) is 5.14. The lowest BCUT2D eigenvalue weighted by molar-refractivity contribution is 0.0848. The summed E-state index contributed by atoms with van der Waals surface area (Å²) < 4.78 is 16.9. The van der Waals surface area contributed by atoms with Gasteiger partial charge in [0.2, 0.25) is 0 Å². The first-order chi connectivity index (χ1) is 13.6. The highest BCUT2D eigenvalue weighted by atomic mass is 19.1. The Hall–Kier alpha value is -3.33. The fourth-order valence-electron chi connectivity index (χ4n) is 3.73.